The third-order valence-corrected chi connectivity index (χ3v) is 6.28. The van der Waals surface area contributed by atoms with E-state index < -0.39 is 0 Å². The Balaban J connectivity index is 1.30. The maximum atomic E-state index is 10.3. The van der Waals surface area contributed by atoms with Gasteiger partial charge in [-0.15, -0.1) is 0 Å². The van der Waals surface area contributed by atoms with Crippen molar-refractivity contribution in [1.29, 1.82) is 0 Å². The molecule has 0 amide bonds. The summed E-state index contributed by atoms with van der Waals surface area (Å²) in [5.74, 6) is 0. The Labute approximate surface area is 160 Å². The Morgan fingerprint density at radius 1 is 0.926 bits per heavy atom. The number of hydrogen-bond donors (Lipinski definition) is 1. The lowest BCUT2D eigenvalue weighted by atomic mass is 9.83. The highest BCUT2D eigenvalue weighted by molar-refractivity contribution is 5.17. The molecule has 27 heavy (non-hydrogen) atoms. The Kier molecular flexibility index (Phi) is 4.44. The summed E-state index contributed by atoms with van der Waals surface area (Å²) in [6.45, 7) is 6.96. The van der Waals surface area contributed by atoms with Crippen LogP contribution in [0.4, 0.5) is 0 Å². The summed E-state index contributed by atoms with van der Waals surface area (Å²) >= 11 is 0. The monoisotopic (exact) mass is 365 g/mol. The van der Waals surface area contributed by atoms with Crippen LogP contribution in [0.3, 0.4) is 0 Å². The Morgan fingerprint density at radius 3 is 2.19 bits per heavy atom. The Hall–Kier alpha value is -1.86. The predicted molar refractivity (Wildman–Crippen MR) is 103 cm³/mol. The van der Waals surface area contributed by atoms with Crippen LogP contribution in [0.5, 0.6) is 0 Å². The van der Waals surface area contributed by atoms with Crippen molar-refractivity contribution < 1.29 is 5.11 Å². The van der Waals surface area contributed by atoms with Crippen LogP contribution in [0.2, 0.25) is 0 Å². The zero-order valence-corrected chi connectivity index (χ0v) is 15.6. The van der Waals surface area contributed by atoms with Crippen LogP contribution < -0.4 is 0 Å². The van der Waals surface area contributed by atoms with E-state index in [9.17, 15) is 5.11 Å². The second kappa shape index (κ2) is 6.95. The molecule has 1 spiro atoms. The molecule has 1 N–H and O–H groups in total. The summed E-state index contributed by atoms with van der Waals surface area (Å²) in [6.07, 6.45) is 8.31. The fraction of sp³-hybridized carbons (Fsp3) is 0.524. The van der Waals surface area contributed by atoms with Crippen LogP contribution in [0.1, 0.15) is 17.5 Å². The molecular formula is C21H27N5O. The molecule has 3 aliphatic rings. The van der Waals surface area contributed by atoms with Crippen molar-refractivity contribution in [1.82, 2.24) is 24.7 Å². The van der Waals surface area contributed by atoms with Gasteiger partial charge in [0.2, 0.25) is 0 Å². The molecule has 2 aromatic rings. The second-order valence-corrected chi connectivity index (χ2v) is 8.46. The van der Waals surface area contributed by atoms with Gasteiger partial charge in [-0.1, -0.05) is 12.1 Å². The summed E-state index contributed by atoms with van der Waals surface area (Å²) in [5.41, 5.74) is 2.71. The average molecular weight is 365 g/mol. The van der Waals surface area contributed by atoms with Gasteiger partial charge in [-0.25, -0.2) is 0 Å². The SMILES string of the molecule is O[C@@H]1C[C@H]2CN(Cc3cccnc3)CC3(CN(Cc4cccnc4)C3)N2C1. The van der Waals surface area contributed by atoms with E-state index in [0.29, 0.717) is 6.04 Å². The molecule has 0 bridgehead atoms. The highest BCUT2D eigenvalue weighted by atomic mass is 16.3. The minimum atomic E-state index is -0.183. The Bertz CT molecular complexity index is 765. The number of aromatic nitrogens is 2. The highest BCUT2D eigenvalue weighted by Gasteiger charge is 2.55. The van der Waals surface area contributed by atoms with Crippen molar-refractivity contribution in [2.45, 2.75) is 37.2 Å². The molecule has 5 rings (SSSR count). The number of likely N-dealkylation sites (tertiary alicyclic amines) is 1. The molecule has 3 fully saturated rings. The molecule has 3 saturated heterocycles. The van der Waals surface area contributed by atoms with Gasteiger partial charge in [-0.3, -0.25) is 24.7 Å². The molecule has 0 aliphatic carbocycles. The number of rotatable bonds is 4. The first-order valence-corrected chi connectivity index (χ1v) is 9.88. The van der Waals surface area contributed by atoms with Crippen molar-refractivity contribution in [3.8, 4) is 0 Å². The van der Waals surface area contributed by atoms with Crippen molar-refractivity contribution in [3.63, 3.8) is 0 Å². The minimum Gasteiger partial charge on any atom is -0.392 e. The van der Waals surface area contributed by atoms with Crippen LogP contribution in [0, 0.1) is 0 Å². The second-order valence-electron chi connectivity index (χ2n) is 8.46. The molecule has 2 atom stereocenters. The summed E-state index contributed by atoms with van der Waals surface area (Å²) in [6, 6.07) is 8.79. The maximum absolute atomic E-state index is 10.3. The molecule has 0 saturated carbocycles. The molecular weight excluding hydrogens is 338 g/mol. The summed E-state index contributed by atoms with van der Waals surface area (Å²) < 4.78 is 0. The summed E-state index contributed by atoms with van der Waals surface area (Å²) in [5, 5.41) is 10.3. The van der Waals surface area contributed by atoms with E-state index in [-0.39, 0.29) is 11.6 Å². The van der Waals surface area contributed by atoms with E-state index in [2.05, 4.69) is 36.8 Å². The van der Waals surface area contributed by atoms with Crippen LogP contribution in [0.25, 0.3) is 0 Å². The van der Waals surface area contributed by atoms with Gasteiger partial charge in [-0.05, 0) is 29.7 Å². The zero-order chi connectivity index (χ0) is 18.3. The number of fused-ring (bicyclic) bond motifs is 2. The number of β-amino-alcohol motifs (C(OH)–C–C–N with tert-alkyl or cyclic N) is 1. The normalized spacial score (nSPS) is 28.2. The van der Waals surface area contributed by atoms with Crippen LogP contribution in [0.15, 0.2) is 49.1 Å². The first-order chi connectivity index (χ1) is 13.2. The van der Waals surface area contributed by atoms with E-state index in [0.717, 1.165) is 52.2 Å². The fourth-order valence-corrected chi connectivity index (χ4v) is 5.32. The van der Waals surface area contributed by atoms with E-state index in [1.807, 2.05) is 36.9 Å². The topological polar surface area (TPSA) is 55.7 Å². The fourth-order valence-electron chi connectivity index (χ4n) is 5.32. The van der Waals surface area contributed by atoms with E-state index in [1.165, 1.54) is 11.1 Å². The molecule has 0 radical (unpaired) electrons. The third-order valence-electron chi connectivity index (χ3n) is 6.28. The van der Waals surface area contributed by atoms with Crippen molar-refractivity contribution in [2.75, 3.05) is 32.7 Å². The highest BCUT2D eigenvalue weighted by Crippen LogP contribution is 2.39. The van der Waals surface area contributed by atoms with Gasteiger partial charge in [0.25, 0.3) is 0 Å². The summed E-state index contributed by atoms with van der Waals surface area (Å²) in [7, 11) is 0. The molecule has 0 unspecified atom stereocenters. The number of aliphatic hydroxyl groups is 1. The van der Waals surface area contributed by atoms with Crippen molar-refractivity contribution in [2.24, 2.45) is 0 Å². The molecule has 0 aromatic carbocycles. The predicted octanol–water partition coefficient (Wildman–Crippen LogP) is 0.982. The Morgan fingerprint density at radius 2 is 1.56 bits per heavy atom. The molecule has 2 aromatic heterocycles. The first kappa shape index (κ1) is 17.3. The molecule has 142 valence electrons. The number of hydrogen-bond acceptors (Lipinski definition) is 6. The lowest BCUT2D eigenvalue weighted by molar-refractivity contribution is -0.118. The lowest BCUT2D eigenvalue weighted by Crippen LogP contribution is -2.77. The van der Waals surface area contributed by atoms with Gasteiger partial charge in [0.15, 0.2) is 0 Å². The number of nitrogens with zero attached hydrogens (tertiary/aromatic N) is 5. The van der Waals surface area contributed by atoms with E-state index in [1.54, 1.807) is 0 Å². The third kappa shape index (κ3) is 3.38. The number of aliphatic hydroxyl groups excluding tert-OH is 1. The first-order valence-electron chi connectivity index (χ1n) is 9.88. The largest absolute Gasteiger partial charge is 0.392 e. The van der Waals surface area contributed by atoms with E-state index >= 15 is 0 Å². The van der Waals surface area contributed by atoms with Gasteiger partial charge in [0.05, 0.1) is 11.6 Å². The zero-order valence-electron chi connectivity index (χ0n) is 15.6. The van der Waals surface area contributed by atoms with Crippen LogP contribution in [-0.2, 0) is 13.1 Å². The lowest BCUT2D eigenvalue weighted by Gasteiger charge is -2.61. The minimum absolute atomic E-state index is 0.171. The maximum Gasteiger partial charge on any atom is 0.0682 e. The molecule has 6 heteroatoms. The smallest absolute Gasteiger partial charge is 0.0682 e. The van der Waals surface area contributed by atoms with E-state index in [4.69, 9.17) is 0 Å². The average Bonchev–Trinajstić information content (AvgIpc) is 3.03. The van der Waals surface area contributed by atoms with Gasteiger partial charge in [0.1, 0.15) is 0 Å². The van der Waals surface area contributed by atoms with Gasteiger partial charge in [0, 0.05) is 76.6 Å². The van der Waals surface area contributed by atoms with Crippen molar-refractivity contribution >= 4 is 0 Å². The van der Waals surface area contributed by atoms with Crippen LogP contribution in [-0.4, -0.2) is 80.2 Å². The molecule has 6 nitrogen and oxygen atoms in total. The quantitative estimate of drug-likeness (QED) is 0.872. The number of piperazine rings is 1. The standard InChI is InChI=1S/C21H27N5O/c27-20-7-19-12-24(10-17-3-1-5-22-8-17)14-21(26(19)13-20)15-25(16-21)11-18-4-2-6-23-9-18/h1-6,8-9,19-20,27H,7,10-16H2/t19-,20+/m0/s1. The van der Waals surface area contributed by atoms with Gasteiger partial charge < -0.3 is 5.11 Å². The number of pyridine rings is 2. The van der Waals surface area contributed by atoms with Gasteiger partial charge in [-0.2, -0.15) is 0 Å². The van der Waals surface area contributed by atoms with Gasteiger partial charge >= 0.3 is 0 Å². The van der Waals surface area contributed by atoms with Crippen LogP contribution >= 0.6 is 0 Å². The molecule has 3 aliphatic heterocycles. The van der Waals surface area contributed by atoms with Crippen molar-refractivity contribution in [3.05, 3.63) is 60.2 Å². The summed E-state index contributed by atoms with van der Waals surface area (Å²) in [4.78, 5) is 16.2. The molecule has 5 heterocycles.